The van der Waals surface area contributed by atoms with Gasteiger partial charge in [-0.1, -0.05) is 20.8 Å². The van der Waals surface area contributed by atoms with Gasteiger partial charge in [0.25, 0.3) is 0 Å². The molecule has 1 aromatic heterocycles. The predicted octanol–water partition coefficient (Wildman–Crippen LogP) is 2.59. The van der Waals surface area contributed by atoms with Gasteiger partial charge in [-0.25, -0.2) is 0 Å². The first-order chi connectivity index (χ1) is 8.43. The predicted molar refractivity (Wildman–Crippen MR) is 73.0 cm³/mol. The molecule has 1 aliphatic carbocycles. The molecule has 0 spiro atoms. The average molecular weight is 250 g/mol. The number of nitrogens with two attached hydrogens (primary N) is 1. The minimum atomic E-state index is 0.438. The lowest BCUT2D eigenvalue weighted by atomic mass is 9.70. The molecule has 4 heteroatoms. The van der Waals surface area contributed by atoms with E-state index in [4.69, 9.17) is 5.73 Å². The van der Waals surface area contributed by atoms with Crippen molar-refractivity contribution in [3.8, 4) is 0 Å². The average Bonchev–Trinajstić information content (AvgIpc) is 2.69. The topological polar surface area (TPSA) is 56.7 Å². The van der Waals surface area contributed by atoms with E-state index in [0.29, 0.717) is 17.9 Å². The maximum atomic E-state index is 5.65. The van der Waals surface area contributed by atoms with Crippen LogP contribution in [-0.4, -0.2) is 14.8 Å². The summed E-state index contributed by atoms with van der Waals surface area (Å²) in [4.78, 5) is 0. The van der Waals surface area contributed by atoms with E-state index in [2.05, 4.69) is 35.5 Å². The highest BCUT2D eigenvalue weighted by Gasteiger charge is 2.31. The third kappa shape index (κ3) is 2.58. The Morgan fingerprint density at radius 1 is 1.17 bits per heavy atom. The van der Waals surface area contributed by atoms with Crippen LogP contribution in [0.3, 0.4) is 0 Å². The first-order valence-electron chi connectivity index (χ1n) is 7.01. The lowest BCUT2D eigenvalue weighted by Gasteiger charge is -2.36. The summed E-state index contributed by atoms with van der Waals surface area (Å²) in [5.41, 5.74) is 6.09. The van der Waals surface area contributed by atoms with Crippen LogP contribution in [0.4, 0.5) is 0 Å². The summed E-state index contributed by atoms with van der Waals surface area (Å²) in [6, 6.07) is 0. The lowest BCUT2D eigenvalue weighted by molar-refractivity contribution is 0.166. The molecule has 0 aliphatic heterocycles. The summed E-state index contributed by atoms with van der Waals surface area (Å²) >= 11 is 0. The molecule has 2 N–H and O–H groups in total. The van der Waals surface area contributed by atoms with Crippen molar-refractivity contribution in [2.75, 3.05) is 0 Å². The third-order valence-electron chi connectivity index (χ3n) is 4.50. The fourth-order valence-electron chi connectivity index (χ4n) is 3.13. The minimum Gasteiger partial charge on any atom is -0.324 e. The van der Waals surface area contributed by atoms with E-state index in [1.165, 1.54) is 25.7 Å². The molecule has 0 atom stereocenters. The highest BCUT2D eigenvalue weighted by molar-refractivity contribution is 5.03. The molecule has 1 fully saturated rings. The molecule has 1 aromatic rings. The highest BCUT2D eigenvalue weighted by Crippen LogP contribution is 2.42. The second-order valence-electron chi connectivity index (χ2n) is 6.65. The number of hydrogen-bond donors (Lipinski definition) is 1. The molecule has 0 saturated heterocycles. The van der Waals surface area contributed by atoms with E-state index >= 15 is 0 Å². The van der Waals surface area contributed by atoms with Gasteiger partial charge in [0.1, 0.15) is 11.6 Å². The van der Waals surface area contributed by atoms with Crippen LogP contribution in [0, 0.1) is 11.3 Å². The van der Waals surface area contributed by atoms with Crippen molar-refractivity contribution in [1.29, 1.82) is 0 Å². The zero-order valence-corrected chi connectivity index (χ0v) is 12.1. The number of nitrogens with zero attached hydrogens (tertiary/aromatic N) is 3. The number of rotatable bonds is 2. The van der Waals surface area contributed by atoms with E-state index in [-0.39, 0.29) is 0 Å². The lowest BCUT2D eigenvalue weighted by Crippen LogP contribution is -2.26. The van der Waals surface area contributed by atoms with Gasteiger partial charge in [0.05, 0.1) is 6.54 Å². The number of aromatic nitrogens is 3. The fourth-order valence-corrected chi connectivity index (χ4v) is 3.13. The van der Waals surface area contributed by atoms with Gasteiger partial charge in [-0.15, -0.1) is 10.2 Å². The summed E-state index contributed by atoms with van der Waals surface area (Å²) < 4.78 is 2.09. The van der Waals surface area contributed by atoms with Gasteiger partial charge in [-0.3, -0.25) is 0 Å². The van der Waals surface area contributed by atoms with Crippen LogP contribution in [0.25, 0.3) is 0 Å². The first kappa shape index (κ1) is 13.5. The standard InChI is InChI=1S/C14H26N4/c1-14(2,3)11-7-5-10(6-8-11)13-17-16-12(9-15)18(13)4/h10-11H,5-9,15H2,1-4H3. The van der Waals surface area contributed by atoms with Crippen LogP contribution in [0.2, 0.25) is 0 Å². The summed E-state index contributed by atoms with van der Waals surface area (Å²) in [7, 11) is 2.04. The van der Waals surface area contributed by atoms with Crippen molar-refractivity contribution in [2.45, 2.75) is 58.9 Å². The molecule has 0 amide bonds. The van der Waals surface area contributed by atoms with Gasteiger partial charge in [0.15, 0.2) is 0 Å². The van der Waals surface area contributed by atoms with Crippen LogP contribution in [-0.2, 0) is 13.6 Å². The van der Waals surface area contributed by atoms with Crippen LogP contribution in [0.5, 0.6) is 0 Å². The first-order valence-corrected chi connectivity index (χ1v) is 7.01. The van der Waals surface area contributed by atoms with Crippen molar-refractivity contribution in [2.24, 2.45) is 24.1 Å². The molecular weight excluding hydrogens is 224 g/mol. The van der Waals surface area contributed by atoms with E-state index in [0.717, 1.165) is 17.6 Å². The Hall–Kier alpha value is -0.900. The third-order valence-corrected chi connectivity index (χ3v) is 4.50. The highest BCUT2D eigenvalue weighted by atomic mass is 15.3. The van der Waals surface area contributed by atoms with Gasteiger partial charge in [0, 0.05) is 13.0 Å². The van der Waals surface area contributed by atoms with Crippen molar-refractivity contribution >= 4 is 0 Å². The van der Waals surface area contributed by atoms with E-state index in [1.807, 2.05) is 7.05 Å². The molecule has 1 heterocycles. The minimum absolute atomic E-state index is 0.438. The quantitative estimate of drug-likeness (QED) is 0.877. The Morgan fingerprint density at radius 3 is 2.22 bits per heavy atom. The molecule has 1 saturated carbocycles. The van der Waals surface area contributed by atoms with Crippen LogP contribution < -0.4 is 5.73 Å². The second kappa shape index (κ2) is 5.00. The van der Waals surface area contributed by atoms with Crippen molar-refractivity contribution < 1.29 is 0 Å². The Morgan fingerprint density at radius 2 is 1.78 bits per heavy atom. The fraction of sp³-hybridized carbons (Fsp3) is 0.857. The summed E-state index contributed by atoms with van der Waals surface area (Å²) in [6.07, 6.45) is 5.08. The molecule has 0 aromatic carbocycles. The zero-order valence-electron chi connectivity index (χ0n) is 12.1. The molecule has 18 heavy (non-hydrogen) atoms. The smallest absolute Gasteiger partial charge is 0.146 e. The van der Waals surface area contributed by atoms with Crippen LogP contribution >= 0.6 is 0 Å². The molecule has 1 aliphatic rings. The summed E-state index contributed by atoms with van der Waals surface area (Å²) in [6.45, 7) is 7.54. The Kier molecular flexibility index (Phi) is 3.76. The van der Waals surface area contributed by atoms with Gasteiger partial charge in [0.2, 0.25) is 0 Å². The Bertz CT molecular complexity index is 394. The van der Waals surface area contributed by atoms with Crippen LogP contribution in [0.1, 0.15) is 64.0 Å². The normalized spacial score (nSPS) is 25.4. The zero-order chi connectivity index (χ0) is 13.3. The number of hydrogen-bond acceptors (Lipinski definition) is 3. The molecule has 0 unspecified atom stereocenters. The second-order valence-corrected chi connectivity index (χ2v) is 6.65. The van der Waals surface area contributed by atoms with E-state index in [9.17, 15) is 0 Å². The van der Waals surface area contributed by atoms with Gasteiger partial charge >= 0.3 is 0 Å². The summed E-state index contributed by atoms with van der Waals surface area (Å²) in [5, 5.41) is 8.50. The van der Waals surface area contributed by atoms with Crippen LogP contribution in [0.15, 0.2) is 0 Å². The SMILES string of the molecule is Cn1c(CN)nnc1C1CCC(C(C)(C)C)CC1. The largest absolute Gasteiger partial charge is 0.324 e. The van der Waals surface area contributed by atoms with E-state index in [1.54, 1.807) is 0 Å². The van der Waals surface area contributed by atoms with E-state index < -0.39 is 0 Å². The Balaban J connectivity index is 2.03. The Labute approximate surface area is 110 Å². The molecule has 0 radical (unpaired) electrons. The maximum Gasteiger partial charge on any atom is 0.146 e. The van der Waals surface area contributed by atoms with Crippen molar-refractivity contribution in [3.63, 3.8) is 0 Å². The summed E-state index contributed by atoms with van der Waals surface area (Å²) in [5.74, 6) is 3.43. The van der Waals surface area contributed by atoms with Gasteiger partial charge in [-0.05, 0) is 37.0 Å². The van der Waals surface area contributed by atoms with Crippen molar-refractivity contribution in [3.05, 3.63) is 11.6 Å². The molecule has 2 rings (SSSR count). The molecular formula is C14H26N4. The van der Waals surface area contributed by atoms with Gasteiger partial charge in [-0.2, -0.15) is 0 Å². The molecule has 4 nitrogen and oxygen atoms in total. The van der Waals surface area contributed by atoms with Gasteiger partial charge < -0.3 is 10.3 Å². The van der Waals surface area contributed by atoms with Crippen molar-refractivity contribution in [1.82, 2.24) is 14.8 Å². The monoisotopic (exact) mass is 250 g/mol. The maximum absolute atomic E-state index is 5.65. The molecule has 102 valence electrons. The molecule has 0 bridgehead atoms.